The number of carbonyl (C=O) groups is 1. The number of carboxylic acid groups (broad SMARTS) is 1. The lowest BCUT2D eigenvalue weighted by Gasteiger charge is -2.14. The highest BCUT2D eigenvalue weighted by atomic mass is 35.5. The third kappa shape index (κ3) is 3.78. The standard InChI is InChI=1S/C23H17ClF2N2O2/c1-13-18(11-21(29)30)22(15-3-5-16(24)6-4-15)17-8-9-28(23(17)27-13)12-14-2-7-19(25)20(26)10-14/h2-10H,11-12H2,1H3,(H,29,30). The molecule has 152 valence electrons. The van der Waals surface area contributed by atoms with E-state index in [1.807, 2.05) is 29.0 Å². The number of pyridine rings is 1. The number of halogens is 3. The van der Waals surface area contributed by atoms with Gasteiger partial charge >= 0.3 is 5.97 Å². The lowest BCUT2D eigenvalue weighted by Crippen LogP contribution is -2.08. The van der Waals surface area contributed by atoms with Crippen molar-refractivity contribution >= 4 is 28.6 Å². The predicted octanol–water partition coefficient (Wildman–Crippen LogP) is 5.62. The Morgan fingerprint density at radius 2 is 1.83 bits per heavy atom. The van der Waals surface area contributed by atoms with Gasteiger partial charge < -0.3 is 9.67 Å². The molecule has 0 saturated carbocycles. The van der Waals surface area contributed by atoms with Crippen molar-refractivity contribution in [3.05, 3.63) is 88.2 Å². The second-order valence-corrected chi connectivity index (χ2v) is 7.49. The quantitative estimate of drug-likeness (QED) is 0.450. The molecule has 0 radical (unpaired) electrons. The molecular formula is C23H17ClF2N2O2. The number of aliphatic carboxylic acids is 1. The van der Waals surface area contributed by atoms with E-state index in [1.54, 1.807) is 19.1 Å². The summed E-state index contributed by atoms with van der Waals surface area (Å²) in [5, 5.41) is 10.8. The molecule has 0 amide bonds. The van der Waals surface area contributed by atoms with E-state index in [1.165, 1.54) is 6.07 Å². The second-order valence-electron chi connectivity index (χ2n) is 7.06. The molecule has 4 nitrogen and oxygen atoms in total. The molecule has 30 heavy (non-hydrogen) atoms. The average Bonchev–Trinajstić information content (AvgIpc) is 3.08. The van der Waals surface area contributed by atoms with Gasteiger partial charge in [-0.1, -0.05) is 29.8 Å². The Balaban J connectivity index is 1.89. The molecule has 0 spiro atoms. The molecular weight excluding hydrogens is 410 g/mol. The minimum Gasteiger partial charge on any atom is -0.481 e. The van der Waals surface area contributed by atoms with Crippen molar-refractivity contribution in [3.63, 3.8) is 0 Å². The van der Waals surface area contributed by atoms with Gasteiger partial charge in [-0.25, -0.2) is 13.8 Å². The molecule has 0 fully saturated rings. The van der Waals surface area contributed by atoms with Crippen LogP contribution >= 0.6 is 11.6 Å². The Hall–Kier alpha value is -3.25. The number of aromatic nitrogens is 2. The third-order valence-corrected chi connectivity index (χ3v) is 5.27. The fraction of sp³-hybridized carbons (Fsp3) is 0.130. The number of hydrogen-bond acceptors (Lipinski definition) is 2. The number of carboxylic acids is 1. The molecule has 2 aromatic heterocycles. The molecule has 2 aromatic carbocycles. The van der Waals surface area contributed by atoms with Crippen LogP contribution in [0.25, 0.3) is 22.2 Å². The number of rotatable bonds is 5. The SMILES string of the molecule is Cc1nc2c(ccn2Cc2ccc(F)c(F)c2)c(-c2ccc(Cl)cc2)c1CC(=O)O. The molecule has 0 aliphatic rings. The summed E-state index contributed by atoms with van der Waals surface area (Å²) in [6.45, 7) is 2.07. The van der Waals surface area contributed by atoms with Crippen LogP contribution in [0.15, 0.2) is 54.7 Å². The zero-order valence-corrected chi connectivity index (χ0v) is 16.8. The highest BCUT2D eigenvalue weighted by molar-refractivity contribution is 6.30. The Morgan fingerprint density at radius 1 is 1.10 bits per heavy atom. The van der Waals surface area contributed by atoms with Gasteiger partial charge in [0.1, 0.15) is 5.65 Å². The van der Waals surface area contributed by atoms with E-state index in [-0.39, 0.29) is 6.42 Å². The third-order valence-electron chi connectivity index (χ3n) is 5.01. The highest BCUT2D eigenvalue weighted by Gasteiger charge is 2.19. The Morgan fingerprint density at radius 3 is 2.50 bits per heavy atom. The van der Waals surface area contributed by atoms with E-state index < -0.39 is 17.6 Å². The Labute approximate surface area is 176 Å². The maximum atomic E-state index is 13.6. The van der Waals surface area contributed by atoms with E-state index >= 15 is 0 Å². The molecule has 4 rings (SSSR count). The first kappa shape index (κ1) is 20.0. The van der Waals surface area contributed by atoms with Crippen molar-refractivity contribution in [1.82, 2.24) is 9.55 Å². The first-order valence-electron chi connectivity index (χ1n) is 9.23. The van der Waals surface area contributed by atoms with E-state index in [9.17, 15) is 18.7 Å². The fourth-order valence-corrected chi connectivity index (χ4v) is 3.76. The van der Waals surface area contributed by atoms with Crippen molar-refractivity contribution < 1.29 is 18.7 Å². The van der Waals surface area contributed by atoms with Crippen molar-refractivity contribution in [3.8, 4) is 11.1 Å². The van der Waals surface area contributed by atoms with Crippen LogP contribution in [-0.4, -0.2) is 20.6 Å². The number of hydrogen-bond donors (Lipinski definition) is 1. The maximum absolute atomic E-state index is 13.6. The first-order valence-corrected chi connectivity index (χ1v) is 9.61. The van der Waals surface area contributed by atoms with Gasteiger partial charge in [-0.05, 0) is 59.5 Å². The summed E-state index contributed by atoms with van der Waals surface area (Å²) in [6.07, 6.45) is 1.64. The zero-order valence-electron chi connectivity index (χ0n) is 16.0. The van der Waals surface area contributed by atoms with E-state index in [0.29, 0.717) is 34.0 Å². The molecule has 0 bridgehead atoms. The van der Waals surface area contributed by atoms with Gasteiger partial charge in [0.25, 0.3) is 0 Å². The number of benzene rings is 2. The summed E-state index contributed by atoms with van der Waals surface area (Å²) in [7, 11) is 0. The largest absolute Gasteiger partial charge is 0.481 e. The molecule has 0 saturated heterocycles. The second kappa shape index (κ2) is 7.88. The zero-order chi connectivity index (χ0) is 21.4. The van der Waals surface area contributed by atoms with Crippen molar-refractivity contribution in [2.45, 2.75) is 19.9 Å². The van der Waals surface area contributed by atoms with Gasteiger partial charge in [0.05, 0.1) is 6.42 Å². The number of fused-ring (bicyclic) bond motifs is 1. The van der Waals surface area contributed by atoms with Crippen LogP contribution in [0.4, 0.5) is 8.78 Å². The number of nitrogens with zero attached hydrogens (tertiary/aromatic N) is 2. The lowest BCUT2D eigenvalue weighted by molar-refractivity contribution is -0.136. The predicted molar refractivity (Wildman–Crippen MR) is 112 cm³/mol. The average molecular weight is 427 g/mol. The maximum Gasteiger partial charge on any atom is 0.307 e. The van der Waals surface area contributed by atoms with Crippen molar-refractivity contribution in [1.29, 1.82) is 0 Å². The first-order chi connectivity index (χ1) is 14.3. The molecule has 0 atom stereocenters. The van der Waals surface area contributed by atoms with Crippen LogP contribution in [0.3, 0.4) is 0 Å². The summed E-state index contributed by atoms with van der Waals surface area (Å²) < 4.78 is 28.7. The molecule has 7 heteroatoms. The molecule has 0 aliphatic heterocycles. The molecule has 4 aromatic rings. The van der Waals surface area contributed by atoms with Crippen LogP contribution in [0, 0.1) is 18.6 Å². The monoisotopic (exact) mass is 426 g/mol. The van der Waals surface area contributed by atoms with Gasteiger partial charge in [-0.15, -0.1) is 0 Å². The minimum absolute atomic E-state index is 0.166. The summed E-state index contributed by atoms with van der Waals surface area (Å²) >= 11 is 6.02. The van der Waals surface area contributed by atoms with Gasteiger partial charge in [0, 0.05) is 28.8 Å². The summed E-state index contributed by atoms with van der Waals surface area (Å²) in [4.78, 5) is 16.1. The van der Waals surface area contributed by atoms with E-state index in [0.717, 1.165) is 28.6 Å². The molecule has 0 aliphatic carbocycles. The lowest BCUT2D eigenvalue weighted by atomic mass is 9.94. The van der Waals surface area contributed by atoms with E-state index in [4.69, 9.17) is 11.6 Å². The van der Waals surface area contributed by atoms with Crippen LogP contribution < -0.4 is 0 Å². The van der Waals surface area contributed by atoms with Gasteiger partial charge in [-0.2, -0.15) is 0 Å². The topological polar surface area (TPSA) is 55.1 Å². The van der Waals surface area contributed by atoms with Crippen LogP contribution in [0.5, 0.6) is 0 Å². The number of aryl methyl sites for hydroxylation is 1. The molecule has 1 N–H and O–H groups in total. The van der Waals surface area contributed by atoms with Crippen LogP contribution in [0.2, 0.25) is 5.02 Å². The Kier molecular flexibility index (Phi) is 5.26. The summed E-state index contributed by atoms with van der Waals surface area (Å²) in [6, 6.07) is 12.8. The fourth-order valence-electron chi connectivity index (χ4n) is 3.63. The van der Waals surface area contributed by atoms with Gasteiger partial charge in [-0.3, -0.25) is 4.79 Å². The van der Waals surface area contributed by atoms with E-state index in [2.05, 4.69) is 4.98 Å². The summed E-state index contributed by atoms with van der Waals surface area (Å²) in [5.41, 5.74) is 4.06. The molecule has 2 heterocycles. The smallest absolute Gasteiger partial charge is 0.307 e. The minimum atomic E-state index is -0.948. The molecule has 0 unspecified atom stereocenters. The van der Waals surface area contributed by atoms with Crippen molar-refractivity contribution in [2.75, 3.05) is 0 Å². The van der Waals surface area contributed by atoms with Crippen LogP contribution in [-0.2, 0) is 17.8 Å². The highest BCUT2D eigenvalue weighted by Crippen LogP contribution is 2.35. The van der Waals surface area contributed by atoms with Crippen molar-refractivity contribution in [2.24, 2.45) is 0 Å². The Bertz CT molecular complexity index is 1270. The normalized spacial score (nSPS) is 11.2. The summed E-state index contributed by atoms with van der Waals surface area (Å²) in [5.74, 6) is -2.75. The van der Waals surface area contributed by atoms with Gasteiger partial charge in [0.2, 0.25) is 0 Å². The van der Waals surface area contributed by atoms with Crippen LogP contribution in [0.1, 0.15) is 16.8 Å². The van der Waals surface area contributed by atoms with Gasteiger partial charge in [0.15, 0.2) is 11.6 Å².